The summed E-state index contributed by atoms with van der Waals surface area (Å²) in [5.41, 5.74) is 7.86. The number of nitrogens with zero attached hydrogens (tertiary/aromatic N) is 3. The Kier molecular flexibility index (Phi) is 9.21. The highest BCUT2D eigenvalue weighted by molar-refractivity contribution is 5.84. The summed E-state index contributed by atoms with van der Waals surface area (Å²) in [5, 5.41) is 16.9. The van der Waals surface area contributed by atoms with E-state index in [1.165, 1.54) is 0 Å². The molecule has 0 fully saturated rings. The van der Waals surface area contributed by atoms with E-state index in [1.54, 1.807) is 0 Å². The molecule has 4 aromatic rings. The molecule has 4 rings (SSSR count). The number of hydrogen-bond donors (Lipinski definition) is 2. The van der Waals surface area contributed by atoms with Crippen LogP contribution >= 0.6 is 0 Å². The van der Waals surface area contributed by atoms with E-state index in [-0.39, 0.29) is 25.5 Å². The van der Waals surface area contributed by atoms with Crippen LogP contribution < -0.4 is 5.32 Å². The van der Waals surface area contributed by atoms with Gasteiger partial charge in [0.15, 0.2) is 0 Å². The van der Waals surface area contributed by atoms with Gasteiger partial charge in [-0.15, -0.1) is 0 Å². The minimum Gasteiger partial charge on any atom is -0.481 e. The van der Waals surface area contributed by atoms with Crippen LogP contribution in [-0.2, 0) is 40.3 Å². The lowest BCUT2D eigenvalue weighted by Crippen LogP contribution is -2.27. The molecule has 38 heavy (non-hydrogen) atoms. The number of rotatable bonds is 13. The maximum Gasteiger partial charge on any atom is 0.303 e. The number of pyridine rings is 1. The summed E-state index contributed by atoms with van der Waals surface area (Å²) in [4.78, 5) is 27.9. The Labute approximate surface area is 222 Å². The topological polar surface area (TPSA) is 106 Å². The number of benzene rings is 1. The van der Waals surface area contributed by atoms with Gasteiger partial charge in [0, 0.05) is 42.2 Å². The summed E-state index contributed by atoms with van der Waals surface area (Å²) in [6, 6.07) is 16.0. The van der Waals surface area contributed by atoms with Crippen LogP contribution in [0.15, 0.2) is 60.9 Å². The number of nitrogens with one attached hydrogen (secondary N) is 1. The van der Waals surface area contributed by atoms with E-state index in [1.807, 2.05) is 54.2 Å². The first kappa shape index (κ1) is 27.0. The summed E-state index contributed by atoms with van der Waals surface area (Å²) < 4.78 is 7.82. The Balaban J connectivity index is 1.61. The van der Waals surface area contributed by atoms with Gasteiger partial charge in [0.1, 0.15) is 6.61 Å². The molecule has 8 heteroatoms. The molecule has 0 unspecified atom stereocenters. The van der Waals surface area contributed by atoms with Gasteiger partial charge in [-0.3, -0.25) is 14.6 Å². The molecule has 0 aliphatic carbocycles. The first-order valence-corrected chi connectivity index (χ1v) is 13.0. The molecule has 1 amide bonds. The van der Waals surface area contributed by atoms with Crippen molar-refractivity contribution >= 4 is 17.4 Å². The van der Waals surface area contributed by atoms with E-state index in [4.69, 9.17) is 14.9 Å². The van der Waals surface area contributed by atoms with E-state index in [9.17, 15) is 9.59 Å². The molecular weight excluding hydrogens is 480 g/mol. The lowest BCUT2D eigenvalue weighted by Gasteiger charge is -2.18. The fourth-order valence-corrected chi connectivity index (χ4v) is 4.59. The number of aromatic nitrogens is 3. The maximum atomic E-state index is 12.4. The van der Waals surface area contributed by atoms with Crippen molar-refractivity contribution in [2.75, 3.05) is 6.61 Å². The molecule has 3 heterocycles. The molecule has 0 saturated carbocycles. The van der Waals surface area contributed by atoms with Gasteiger partial charge in [0.05, 0.1) is 17.8 Å². The van der Waals surface area contributed by atoms with Gasteiger partial charge in [0.2, 0.25) is 5.91 Å². The number of carboxylic acids is 1. The molecule has 2 N–H and O–H groups in total. The average molecular weight is 515 g/mol. The van der Waals surface area contributed by atoms with Gasteiger partial charge < -0.3 is 15.2 Å². The van der Waals surface area contributed by atoms with Crippen LogP contribution in [0.1, 0.15) is 54.3 Å². The average Bonchev–Trinajstić information content (AvgIpc) is 3.32. The van der Waals surface area contributed by atoms with Crippen LogP contribution in [0.25, 0.3) is 16.6 Å². The highest BCUT2D eigenvalue weighted by Gasteiger charge is 2.19. The van der Waals surface area contributed by atoms with Crippen molar-refractivity contribution in [3.8, 4) is 11.1 Å². The number of aliphatic carboxylic acids is 1. The van der Waals surface area contributed by atoms with Crippen molar-refractivity contribution in [1.82, 2.24) is 19.9 Å². The molecule has 0 aliphatic rings. The number of aryl methyl sites for hydroxylation is 2. The van der Waals surface area contributed by atoms with Crippen LogP contribution in [0.3, 0.4) is 0 Å². The molecule has 198 valence electrons. The molecule has 0 aliphatic heterocycles. The summed E-state index contributed by atoms with van der Waals surface area (Å²) in [6.45, 7) is 4.62. The van der Waals surface area contributed by atoms with E-state index in [0.717, 1.165) is 51.1 Å². The molecule has 1 aromatic carbocycles. The fourth-order valence-electron chi connectivity index (χ4n) is 4.59. The molecular formula is C30H34N4O4. The Hall–Kier alpha value is -4.04. The fraction of sp³-hybridized carbons (Fsp3) is 0.333. The highest BCUT2D eigenvalue weighted by atomic mass is 16.5. The number of hydrogen-bond acceptors (Lipinski definition) is 5. The smallest absolute Gasteiger partial charge is 0.303 e. The van der Waals surface area contributed by atoms with Crippen molar-refractivity contribution in [3.05, 3.63) is 89.0 Å². The zero-order valence-electron chi connectivity index (χ0n) is 21.9. The van der Waals surface area contributed by atoms with Gasteiger partial charge in [-0.25, -0.2) is 4.52 Å². The number of ether oxygens (including phenoxy) is 1. The second-order valence-electron chi connectivity index (χ2n) is 9.38. The highest BCUT2D eigenvalue weighted by Crippen LogP contribution is 2.33. The quantitative estimate of drug-likeness (QED) is 0.246. The Morgan fingerprint density at radius 3 is 2.63 bits per heavy atom. The Bertz CT molecular complexity index is 1400. The number of amides is 1. The third-order valence-corrected chi connectivity index (χ3v) is 6.46. The van der Waals surface area contributed by atoms with Crippen molar-refractivity contribution in [3.63, 3.8) is 0 Å². The minimum absolute atomic E-state index is 0.0847. The lowest BCUT2D eigenvalue weighted by atomic mass is 9.95. The van der Waals surface area contributed by atoms with Gasteiger partial charge >= 0.3 is 5.97 Å². The largest absolute Gasteiger partial charge is 0.481 e. The third kappa shape index (κ3) is 6.83. The molecule has 8 nitrogen and oxygen atoms in total. The molecule has 0 saturated heterocycles. The SMILES string of the molecule is CCc1ccc2c(-c3cncc(C)c3)c(CCCCC(=O)O)c(COCC(=O)NCc3ccccc3)nn12. The molecule has 0 atom stereocenters. The molecule has 3 aromatic heterocycles. The standard InChI is InChI=1S/C30H34N4O4/c1-3-24-13-14-27-30(23-15-21(2)16-31-18-23)25(11-7-8-12-29(36)37)26(33-34(24)27)19-38-20-28(35)32-17-22-9-5-4-6-10-22/h4-6,9-10,13-16,18H,3,7-8,11-12,17,19-20H2,1-2H3,(H,32,35)(H,36,37). The molecule has 0 radical (unpaired) electrons. The lowest BCUT2D eigenvalue weighted by molar-refractivity contribution is -0.137. The summed E-state index contributed by atoms with van der Waals surface area (Å²) in [6.07, 6.45) is 6.51. The number of unbranched alkanes of at least 4 members (excludes halogenated alkanes) is 1. The number of carbonyl (C=O) groups excluding carboxylic acids is 1. The number of carbonyl (C=O) groups is 2. The number of carboxylic acid groups (broad SMARTS) is 1. The molecule has 0 spiro atoms. The number of fused-ring (bicyclic) bond motifs is 1. The van der Waals surface area contributed by atoms with Crippen molar-refractivity contribution in [1.29, 1.82) is 0 Å². The summed E-state index contributed by atoms with van der Waals surface area (Å²) in [5.74, 6) is -0.998. The molecule has 0 bridgehead atoms. The predicted molar refractivity (Wildman–Crippen MR) is 146 cm³/mol. The van der Waals surface area contributed by atoms with Crippen molar-refractivity contribution < 1.29 is 19.4 Å². The maximum absolute atomic E-state index is 12.4. The Morgan fingerprint density at radius 1 is 1.08 bits per heavy atom. The second-order valence-corrected chi connectivity index (χ2v) is 9.38. The van der Waals surface area contributed by atoms with Crippen molar-refractivity contribution in [2.24, 2.45) is 0 Å². The zero-order chi connectivity index (χ0) is 26.9. The van der Waals surface area contributed by atoms with Crippen LogP contribution in [0, 0.1) is 6.92 Å². The zero-order valence-corrected chi connectivity index (χ0v) is 21.9. The van der Waals surface area contributed by atoms with Gasteiger partial charge in [-0.05, 0) is 67.5 Å². The second kappa shape index (κ2) is 13.0. The first-order valence-electron chi connectivity index (χ1n) is 13.0. The van der Waals surface area contributed by atoms with Crippen molar-refractivity contribution in [2.45, 2.75) is 59.1 Å². The van der Waals surface area contributed by atoms with Crippen LogP contribution in [0.5, 0.6) is 0 Å². The van der Waals surface area contributed by atoms with Gasteiger partial charge in [0.25, 0.3) is 0 Å². The van der Waals surface area contributed by atoms with Gasteiger partial charge in [-0.2, -0.15) is 5.10 Å². The van der Waals surface area contributed by atoms with Crippen LogP contribution in [0.2, 0.25) is 0 Å². The van der Waals surface area contributed by atoms with E-state index in [2.05, 4.69) is 35.4 Å². The monoisotopic (exact) mass is 514 g/mol. The summed E-state index contributed by atoms with van der Waals surface area (Å²) >= 11 is 0. The van der Waals surface area contributed by atoms with E-state index < -0.39 is 5.97 Å². The summed E-state index contributed by atoms with van der Waals surface area (Å²) in [7, 11) is 0. The van der Waals surface area contributed by atoms with E-state index >= 15 is 0 Å². The van der Waals surface area contributed by atoms with E-state index in [0.29, 0.717) is 25.8 Å². The van der Waals surface area contributed by atoms with Crippen LogP contribution in [0.4, 0.5) is 0 Å². The predicted octanol–water partition coefficient (Wildman–Crippen LogP) is 4.90. The minimum atomic E-state index is -0.800. The first-order chi connectivity index (χ1) is 18.5. The Morgan fingerprint density at radius 2 is 1.89 bits per heavy atom. The normalized spacial score (nSPS) is 11.1. The van der Waals surface area contributed by atoms with Crippen LogP contribution in [-0.4, -0.2) is 38.2 Å². The van der Waals surface area contributed by atoms with Gasteiger partial charge in [-0.1, -0.05) is 37.3 Å². The third-order valence-electron chi connectivity index (χ3n) is 6.46.